The molecule has 3 heteroatoms. The fourth-order valence-electron chi connectivity index (χ4n) is 2.70. The van der Waals surface area contributed by atoms with Crippen LogP contribution < -0.4 is 10.2 Å². The monoisotopic (exact) mass is 268 g/mol. The molecule has 0 atom stereocenters. The van der Waals surface area contributed by atoms with E-state index in [-0.39, 0.29) is 0 Å². The van der Waals surface area contributed by atoms with Crippen molar-refractivity contribution in [1.29, 1.82) is 0 Å². The summed E-state index contributed by atoms with van der Waals surface area (Å²) in [6, 6.07) is 12.3. The van der Waals surface area contributed by atoms with E-state index in [1.807, 2.05) is 19.1 Å². The number of aromatic hydroxyl groups is 1. The van der Waals surface area contributed by atoms with Gasteiger partial charge in [-0.3, -0.25) is 0 Å². The fourth-order valence-corrected chi connectivity index (χ4v) is 2.70. The number of nitrogens with one attached hydrogen (secondary N) is 1. The highest BCUT2D eigenvalue weighted by atomic mass is 16.3. The van der Waals surface area contributed by atoms with Gasteiger partial charge in [0.25, 0.3) is 0 Å². The quantitative estimate of drug-likeness (QED) is 0.838. The van der Waals surface area contributed by atoms with Crippen molar-refractivity contribution in [3.8, 4) is 5.75 Å². The second kappa shape index (κ2) is 5.08. The van der Waals surface area contributed by atoms with Crippen molar-refractivity contribution >= 4 is 11.4 Å². The first-order valence-corrected chi connectivity index (χ1v) is 7.00. The van der Waals surface area contributed by atoms with Gasteiger partial charge in [0.15, 0.2) is 0 Å². The standard InChI is InChI=1S/C17H20N2O/c1-12-9-15(4-6-17(12)20)18-11-13-3-5-16-14(10-13)7-8-19(16)2/h3-6,9-10,18,20H,7-8,11H2,1-2H3. The van der Waals surface area contributed by atoms with Gasteiger partial charge in [0.1, 0.15) is 5.75 Å². The maximum absolute atomic E-state index is 9.53. The van der Waals surface area contributed by atoms with Gasteiger partial charge in [-0.2, -0.15) is 0 Å². The Morgan fingerprint density at radius 1 is 1.20 bits per heavy atom. The molecule has 2 aromatic rings. The van der Waals surface area contributed by atoms with Gasteiger partial charge in [-0.05, 0) is 54.3 Å². The highest BCUT2D eigenvalue weighted by Crippen LogP contribution is 2.28. The lowest BCUT2D eigenvalue weighted by molar-refractivity contribution is 0.471. The first-order chi connectivity index (χ1) is 9.63. The van der Waals surface area contributed by atoms with Gasteiger partial charge in [-0.1, -0.05) is 12.1 Å². The molecule has 0 saturated heterocycles. The second-order valence-electron chi connectivity index (χ2n) is 5.49. The predicted octanol–water partition coefficient (Wildman–Crippen LogP) is 3.31. The average molecular weight is 268 g/mol. The lowest BCUT2D eigenvalue weighted by Crippen LogP contribution is -2.12. The molecule has 0 spiro atoms. The van der Waals surface area contributed by atoms with Gasteiger partial charge < -0.3 is 15.3 Å². The summed E-state index contributed by atoms with van der Waals surface area (Å²) < 4.78 is 0. The van der Waals surface area contributed by atoms with Crippen LogP contribution in [0.4, 0.5) is 11.4 Å². The molecule has 104 valence electrons. The number of hydrogen-bond donors (Lipinski definition) is 2. The van der Waals surface area contributed by atoms with Crippen molar-refractivity contribution in [1.82, 2.24) is 0 Å². The summed E-state index contributed by atoms with van der Waals surface area (Å²) >= 11 is 0. The maximum Gasteiger partial charge on any atom is 0.118 e. The van der Waals surface area contributed by atoms with Crippen LogP contribution in [0.15, 0.2) is 36.4 Å². The number of likely N-dealkylation sites (N-methyl/N-ethyl adjacent to an activating group) is 1. The van der Waals surface area contributed by atoms with Crippen LogP contribution in [-0.2, 0) is 13.0 Å². The molecule has 2 aromatic carbocycles. The Labute approximate surface area is 119 Å². The highest BCUT2D eigenvalue weighted by Gasteiger charge is 2.15. The Morgan fingerprint density at radius 2 is 2.05 bits per heavy atom. The molecule has 3 nitrogen and oxygen atoms in total. The molecule has 0 unspecified atom stereocenters. The number of benzene rings is 2. The minimum Gasteiger partial charge on any atom is -0.508 e. The Bertz CT molecular complexity index is 637. The molecule has 0 aliphatic carbocycles. The SMILES string of the molecule is Cc1cc(NCc2ccc3c(c2)CCN3C)ccc1O. The lowest BCUT2D eigenvalue weighted by atomic mass is 10.1. The Kier molecular flexibility index (Phi) is 3.26. The number of nitrogens with zero attached hydrogens (tertiary/aromatic N) is 1. The van der Waals surface area contributed by atoms with Crippen LogP contribution in [0.5, 0.6) is 5.75 Å². The molecule has 0 amide bonds. The van der Waals surface area contributed by atoms with Crippen LogP contribution in [0.25, 0.3) is 0 Å². The van der Waals surface area contributed by atoms with E-state index < -0.39 is 0 Å². The summed E-state index contributed by atoms with van der Waals surface area (Å²) in [5.74, 6) is 0.344. The minimum absolute atomic E-state index is 0.344. The van der Waals surface area contributed by atoms with Gasteiger partial charge in [0, 0.05) is 31.5 Å². The molecule has 1 aliphatic heterocycles. The van der Waals surface area contributed by atoms with E-state index in [0.717, 1.165) is 30.8 Å². The first-order valence-electron chi connectivity index (χ1n) is 7.00. The van der Waals surface area contributed by atoms with Crippen molar-refractivity contribution in [2.75, 3.05) is 23.8 Å². The van der Waals surface area contributed by atoms with Crippen LogP contribution in [0.3, 0.4) is 0 Å². The molecule has 20 heavy (non-hydrogen) atoms. The summed E-state index contributed by atoms with van der Waals surface area (Å²) in [6.45, 7) is 3.83. The smallest absolute Gasteiger partial charge is 0.118 e. The predicted molar refractivity (Wildman–Crippen MR) is 83.6 cm³/mol. The lowest BCUT2D eigenvalue weighted by Gasteiger charge is -2.13. The van der Waals surface area contributed by atoms with Crippen LogP contribution in [0.2, 0.25) is 0 Å². The maximum atomic E-state index is 9.53. The third-order valence-corrected chi connectivity index (χ3v) is 3.97. The minimum atomic E-state index is 0.344. The van der Waals surface area contributed by atoms with Gasteiger partial charge in [-0.25, -0.2) is 0 Å². The topological polar surface area (TPSA) is 35.5 Å². The van der Waals surface area contributed by atoms with Gasteiger partial charge in [0.05, 0.1) is 0 Å². The Hall–Kier alpha value is -2.16. The van der Waals surface area contributed by atoms with Crippen molar-refractivity contribution in [3.05, 3.63) is 53.1 Å². The van der Waals surface area contributed by atoms with E-state index in [9.17, 15) is 5.11 Å². The summed E-state index contributed by atoms with van der Waals surface area (Å²) in [6.07, 6.45) is 1.14. The molecule has 1 aliphatic rings. The molecule has 0 bridgehead atoms. The number of anilines is 2. The average Bonchev–Trinajstić information content (AvgIpc) is 2.81. The van der Waals surface area contributed by atoms with E-state index in [1.165, 1.54) is 16.8 Å². The van der Waals surface area contributed by atoms with Crippen LogP contribution in [0, 0.1) is 6.92 Å². The molecular weight excluding hydrogens is 248 g/mol. The summed E-state index contributed by atoms with van der Waals surface area (Å²) in [4.78, 5) is 2.30. The van der Waals surface area contributed by atoms with E-state index in [2.05, 4.69) is 35.5 Å². The molecule has 0 saturated carbocycles. The summed E-state index contributed by atoms with van der Waals surface area (Å²) in [7, 11) is 2.14. The number of phenolic OH excluding ortho intramolecular Hbond substituents is 1. The molecule has 0 fully saturated rings. The van der Waals surface area contributed by atoms with Crippen LogP contribution in [0.1, 0.15) is 16.7 Å². The van der Waals surface area contributed by atoms with E-state index >= 15 is 0 Å². The molecule has 1 heterocycles. The third-order valence-electron chi connectivity index (χ3n) is 3.97. The van der Waals surface area contributed by atoms with Crippen molar-refractivity contribution in [2.45, 2.75) is 19.9 Å². The number of rotatable bonds is 3. The van der Waals surface area contributed by atoms with Crippen LogP contribution in [-0.4, -0.2) is 18.7 Å². The zero-order valence-electron chi connectivity index (χ0n) is 12.0. The van der Waals surface area contributed by atoms with Crippen molar-refractivity contribution < 1.29 is 5.11 Å². The molecule has 0 aromatic heterocycles. The van der Waals surface area contributed by atoms with Gasteiger partial charge in [0.2, 0.25) is 0 Å². The third kappa shape index (κ3) is 2.44. The number of hydrogen-bond acceptors (Lipinski definition) is 3. The zero-order valence-corrected chi connectivity index (χ0v) is 12.0. The van der Waals surface area contributed by atoms with E-state index in [1.54, 1.807) is 6.07 Å². The summed E-state index contributed by atoms with van der Waals surface area (Å²) in [5.41, 5.74) is 6.02. The van der Waals surface area contributed by atoms with Gasteiger partial charge >= 0.3 is 0 Å². The molecule has 0 radical (unpaired) electrons. The second-order valence-corrected chi connectivity index (χ2v) is 5.49. The fraction of sp³-hybridized carbons (Fsp3) is 0.294. The van der Waals surface area contributed by atoms with Crippen LogP contribution >= 0.6 is 0 Å². The zero-order chi connectivity index (χ0) is 14.1. The molecule has 3 rings (SSSR count). The van der Waals surface area contributed by atoms with E-state index in [4.69, 9.17) is 0 Å². The Balaban J connectivity index is 1.71. The number of phenols is 1. The molecular formula is C17H20N2O. The van der Waals surface area contributed by atoms with Gasteiger partial charge in [-0.15, -0.1) is 0 Å². The molecule has 2 N–H and O–H groups in total. The number of fused-ring (bicyclic) bond motifs is 1. The van der Waals surface area contributed by atoms with Crippen molar-refractivity contribution in [2.24, 2.45) is 0 Å². The van der Waals surface area contributed by atoms with E-state index in [0.29, 0.717) is 5.75 Å². The van der Waals surface area contributed by atoms with Crippen molar-refractivity contribution in [3.63, 3.8) is 0 Å². The normalized spacial score (nSPS) is 13.4. The number of aryl methyl sites for hydroxylation is 1. The first kappa shape index (κ1) is 12.9. The summed E-state index contributed by atoms with van der Waals surface area (Å²) in [5, 5.41) is 12.9. The Morgan fingerprint density at radius 3 is 2.85 bits per heavy atom. The largest absolute Gasteiger partial charge is 0.508 e. The highest BCUT2D eigenvalue weighted by molar-refractivity contribution is 5.59.